The summed E-state index contributed by atoms with van der Waals surface area (Å²) >= 11 is 0. The van der Waals surface area contributed by atoms with Crippen LogP contribution in [0.2, 0.25) is 0 Å². The van der Waals surface area contributed by atoms with Gasteiger partial charge in [-0.25, -0.2) is 9.59 Å². The van der Waals surface area contributed by atoms with Gasteiger partial charge in [0, 0.05) is 108 Å². The molecule has 4 rings (SSSR count). The Morgan fingerprint density at radius 2 is 0.742 bits per heavy atom. The Bertz CT molecular complexity index is 1680. The van der Waals surface area contributed by atoms with Crippen LogP contribution in [-0.4, -0.2) is 155 Å². The zero-order valence-corrected chi connectivity index (χ0v) is 39.1. The highest BCUT2D eigenvalue weighted by Crippen LogP contribution is 2.23. The summed E-state index contributed by atoms with van der Waals surface area (Å²) in [4.78, 5) is 143. The van der Waals surface area contributed by atoms with Crippen molar-refractivity contribution in [2.45, 2.75) is 167 Å². The molecule has 66 heavy (non-hydrogen) atoms. The van der Waals surface area contributed by atoms with E-state index in [1.165, 1.54) is 12.8 Å². The van der Waals surface area contributed by atoms with Crippen molar-refractivity contribution < 1.29 is 62.4 Å². The zero-order chi connectivity index (χ0) is 48.6. The van der Waals surface area contributed by atoms with E-state index < -0.39 is 35.6 Å². The number of unbranched alkanes of at least 4 members (excludes halogenated alkanes) is 2. The topological polar surface area (TPSA) is 279 Å². The van der Waals surface area contributed by atoms with Gasteiger partial charge in [-0.15, -0.1) is 10.1 Å². The number of nitrogens with zero attached hydrogens (tertiary/aromatic N) is 4. The summed E-state index contributed by atoms with van der Waals surface area (Å²) < 4.78 is 0. The van der Waals surface area contributed by atoms with Crippen LogP contribution in [0.3, 0.4) is 0 Å². The Morgan fingerprint density at radius 1 is 0.424 bits per heavy atom. The van der Waals surface area contributed by atoms with Gasteiger partial charge in [0.1, 0.15) is 0 Å². The molecule has 4 fully saturated rings. The predicted molar refractivity (Wildman–Crippen MR) is 235 cm³/mol. The molecule has 4 atom stereocenters. The number of rotatable bonds is 24. The number of piperidine rings is 2. The molecule has 0 aliphatic carbocycles. The molecule has 4 saturated heterocycles. The molecule has 0 spiro atoms. The van der Waals surface area contributed by atoms with Crippen LogP contribution in [0.25, 0.3) is 0 Å². The summed E-state index contributed by atoms with van der Waals surface area (Å²) in [5.74, 6) is -4.47. The molecule has 0 aromatic rings. The average Bonchev–Trinajstić information content (AvgIpc) is 3.75. The first-order valence-corrected chi connectivity index (χ1v) is 23.4. The summed E-state index contributed by atoms with van der Waals surface area (Å²) in [6.45, 7) is 10.3. The van der Waals surface area contributed by atoms with Crippen molar-refractivity contribution in [2.75, 3.05) is 45.8 Å². The van der Waals surface area contributed by atoms with Crippen molar-refractivity contribution in [1.82, 2.24) is 46.5 Å². The van der Waals surface area contributed by atoms with Crippen LogP contribution in [0.4, 0.5) is 0 Å². The first-order valence-electron chi connectivity index (χ1n) is 23.4. The van der Waals surface area contributed by atoms with Crippen LogP contribution >= 0.6 is 0 Å². The van der Waals surface area contributed by atoms with E-state index in [0.717, 1.165) is 25.7 Å². The van der Waals surface area contributed by atoms with Crippen molar-refractivity contribution in [2.24, 2.45) is 0 Å². The lowest BCUT2D eigenvalue weighted by Crippen LogP contribution is -2.49. The van der Waals surface area contributed by atoms with Crippen molar-refractivity contribution >= 4 is 65.1 Å². The first-order chi connectivity index (χ1) is 31.4. The Balaban J connectivity index is 0.000000351. The first kappa shape index (κ1) is 54.8. The van der Waals surface area contributed by atoms with Crippen molar-refractivity contribution in [1.29, 1.82) is 0 Å². The predicted octanol–water partition coefficient (Wildman–Crippen LogP) is 0.415. The number of likely N-dealkylation sites (tertiary alicyclic amines) is 2. The Morgan fingerprint density at radius 3 is 1.12 bits per heavy atom. The molecule has 22 heteroatoms. The van der Waals surface area contributed by atoms with Crippen molar-refractivity contribution in [3.05, 3.63) is 0 Å². The molecule has 0 aromatic carbocycles. The summed E-state index contributed by atoms with van der Waals surface area (Å²) in [5, 5.41) is 14.5. The normalized spacial score (nSPS) is 21.1. The minimum absolute atomic E-state index is 0.0120. The third-order valence-corrected chi connectivity index (χ3v) is 11.9. The lowest BCUT2D eigenvalue weighted by Gasteiger charge is -2.38. The molecule has 0 saturated carbocycles. The second kappa shape index (κ2) is 29.2. The lowest BCUT2D eigenvalue weighted by molar-refractivity contribution is -0.197. The van der Waals surface area contributed by atoms with E-state index in [1.54, 1.807) is 0 Å². The van der Waals surface area contributed by atoms with E-state index in [1.807, 2.05) is 0 Å². The van der Waals surface area contributed by atoms with E-state index >= 15 is 0 Å². The fraction of sp³-hybridized carbons (Fsp3) is 0.750. The smallest absolute Gasteiger partial charge is 0.334 e. The number of nitrogens with one attached hydrogen (secondary N) is 5. The molecule has 0 aromatic heterocycles. The molecule has 5 N–H and O–H groups in total. The number of hydrogen-bond acceptors (Lipinski definition) is 15. The van der Waals surface area contributed by atoms with Gasteiger partial charge in [0.25, 0.3) is 23.6 Å². The maximum Gasteiger partial charge on any atom is 0.334 e. The molecular formula is C44H71N9O13. The highest BCUT2D eigenvalue weighted by Gasteiger charge is 2.34. The number of imide groups is 2. The van der Waals surface area contributed by atoms with Gasteiger partial charge < -0.3 is 36.3 Å². The Hall–Kier alpha value is -5.51. The van der Waals surface area contributed by atoms with Gasteiger partial charge in [0.2, 0.25) is 29.5 Å². The van der Waals surface area contributed by atoms with E-state index in [9.17, 15) is 52.7 Å². The van der Waals surface area contributed by atoms with Gasteiger partial charge >= 0.3 is 11.9 Å². The molecule has 0 radical (unpaired) electrons. The second-order valence-corrected chi connectivity index (χ2v) is 17.3. The number of hydrogen-bond donors (Lipinski definition) is 5. The van der Waals surface area contributed by atoms with Crippen molar-refractivity contribution in [3.63, 3.8) is 0 Å². The van der Waals surface area contributed by atoms with Crippen LogP contribution in [0, 0.1) is 0 Å². The van der Waals surface area contributed by atoms with Crippen LogP contribution in [0.1, 0.15) is 143 Å². The summed E-state index contributed by atoms with van der Waals surface area (Å²) in [5.41, 5.74) is 0. The van der Waals surface area contributed by atoms with E-state index in [-0.39, 0.29) is 107 Å². The highest BCUT2D eigenvalue weighted by atomic mass is 16.7. The van der Waals surface area contributed by atoms with Crippen LogP contribution in [0.5, 0.6) is 0 Å². The fourth-order valence-corrected chi connectivity index (χ4v) is 7.94. The zero-order valence-electron chi connectivity index (χ0n) is 39.1. The van der Waals surface area contributed by atoms with E-state index in [0.29, 0.717) is 79.7 Å². The maximum atomic E-state index is 12.2. The van der Waals surface area contributed by atoms with Crippen LogP contribution in [-0.2, 0) is 62.4 Å². The quantitative estimate of drug-likeness (QED) is 0.0648. The Labute approximate surface area is 386 Å². The van der Waals surface area contributed by atoms with Crippen LogP contribution < -0.4 is 26.6 Å². The molecular weight excluding hydrogens is 863 g/mol. The summed E-state index contributed by atoms with van der Waals surface area (Å²) in [6, 6.07) is 1.54. The van der Waals surface area contributed by atoms with Gasteiger partial charge in [-0.1, -0.05) is 19.3 Å². The second-order valence-electron chi connectivity index (χ2n) is 17.3. The molecule has 4 heterocycles. The summed E-state index contributed by atoms with van der Waals surface area (Å²) in [6.07, 6.45) is 9.10. The molecule has 4 aliphatic heterocycles. The minimum Gasteiger partial charge on any atom is -0.356 e. The van der Waals surface area contributed by atoms with Gasteiger partial charge in [0.15, 0.2) is 0 Å². The van der Waals surface area contributed by atoms with Gasteiger partial charge in [-0.05, 0) is 66.2 Å². The SMILES string of the molecule is CC1CCCC(C)N1CC(=O)NCCC(=O)NCCC(=O)NCCC(=O)ON1C(=O)CCC1=O.CC1CCCC(C)N1CC(=O)NCCC(=O)NCCCCCC(=O)ON1C(=O)CCC1=O. The minimum atomic E-state index is -0.802. The molecule has 4 aliphatic rings. The van der Waals surface area contributed by atoms with Gasteiger partial charge in [0.05, 0.1) is 19.5 Å². The standard InChI is InChI=1S/C22H35N5O7.C22H36N4O6/c1-15-4-3-5-16(2)26(15)14-19(30)25-12-9-17(28)23-11-8-18(29)24-13-10-22(33)34-27-20(31)6-7-21(27)32;1-16-7-6-8-17(2)25(16)15-19(28)24-14-12-18(27)23-13-5-3-4-9-22(31)32-26-20(29)10-11-21(26)30/h15-16H,3-14H2,1-2H3,(H,23,28)(H,24,29)(H,25,30);16-17H,3-15H2,1-2H3,(H,23,27)(H,24,28). The van der Waals surface area contributed by atoms with Crippen LogP contribution in [0.15, 0.2) is 0 Å². The molecule has 22 nitrogen and oxygen atoms in total. The third-order valence-electron chi connectivity index (χ3n) is 11.9. The highest BCUT2D eigenvalue weighted by molar-refractivity contribution is 6.02. The molecule has 0 bridgehead atoms. The number of hydroxylamine groups is 4. The molecule has 4 unspecified atom stereocenters. The molecule has 9 amide bonds. The van der Waals surface area contributed by atoms with Crippen molar-refractivity contribution in [3.8, 4) is 0 Å². The monoisotopic (exact) mass is 934 g/mol. The number of carbonyl (C=O) groups is 11. The number of carbonyl (C=O) groups excluding carboxylic acids is 11. The van der Waals surface area contributed by atoms with E-state index in [4.69, 9.17) is 9.68 Å². The van der Waals surface area contributed by atoms with Gasteiger partial charge in [-0.2, -0.15) is 0 Å². The maximum absolute atomic E-state index is 12.2. The Kier molecular flexibility index (Phi) is 24.3. The van der Waals surface area contributed by atoms with Gasteiger partial charge in [-0.3, -0.25) is 53.0 Å². The average molecular weight is 934 g/mol. The number of amides is 9. The molecule has 370 valence electrons. The summed E-state index contributed by atoms with van der Waals surface area (Å²) in [7, 11) is 0. The lowest BCUT2D eigenvalue weighted by atomic mass is 9.97. The third kappa shape index (κ3) is 20.3. The van der Waals surface area contributed by atoms with E-state index in [2.05, 4.69) is 64.1 Å². The fourth-order valence-electron chi connectivity index (χ4n) is 7.94. The largest absolute Gasteiger partial charge is 0.356 e.